The van der Waals surface area contributed by atoms with Crippen molar-refractivity contribution in [3.05, 3.63) is 33.1 Å². The van der Waals surface area contributed by atoms with Crippen LogP contribution in [-0.4, -0.2) is 79.6 Å². The molecule has 0 bridgehead atoms. The van der Waals surface area contributed by atoms with Crippen molar-refractivity contribution in [2.75, 3.05) is 6.54 Å². The van der Waals surface area contributed by atoms with Gasteiger partial charge in [0.2, 0.25) is 11.8 Å². The Kier molecular flexibility index (Phi) is 12.6. The molecule has 2 heterocycles. The number of aliphatic hydroxyl groups is 2. The number of aromatic amines is 1. The van der Waals surface area contributed by atoms with E-state index in [0.29, 0.717) is 25.8 Å². The van der Waals surface area contributed by atoms with Crippen molar-refractivity contribution in [3.8, 4) is 0 Å². The van der Waals surface area contributed by atoms with Gasteiger partial charge in [0.25, 0.3) is 5.56 Å². The molecular weight excluding hydrogens is 502 g/mol. The summed E-state index contributed by atoms with van der Waals surface area (Å²) in [5, 5.41) is 35.4. The molecule has 14 nitrogen and oxygen atoms in total. The molecule has 1 saturated heterocycles. The number of hydrogen-bond donors (Lipinski definition) is 7. The fraction of sp³-hybridized carbons (Fsp3) is 0.708. The molecule has 0 unspecified atom stereocenters. The molecule has 0 aromatic carbocycles. The molecule has 1 aliphatic heterocycles. The van der Waals surface area contributed by atoms with Gasteiger partial charge in [-0.1, -0.05) is 32.6 Å². The van der Waals surface area contributed by atoms with Crippen molar-refractivity contribution in [2.45, 2.75) is 101 Å². The van der Waals surface area contributed by atoms with Crippen molar-refractivity contribution >= 4 is 17.8 Å². The highest BCUT2D eigenvalue weighted by atomic mass is 16.6. The molecule has 38 heavy (non-hydrogen) atoms. The third-order valence-corrected chi connectivity index (χ3v) is 6.40. The Labute approximate surface area is 219 Å². The number of ether oxygens (including phenoxy) is 1. The zero-order valence-corrected chi connectivity index (χ0v) is 21.5. The van der Waals surface area contributed by atoms with Crippen LogP contribution in [0.5, 0.6) is 0 Å². The Morgan fingerprint density at radius 3 is 2.47 bits per heavy atom. The van der Waals surface area contributed by atoms with Gasteiger partial charge in [0.1, 0.15) is 18.3 Å². The van der Waals surface area contributed by atoms with Gasteiger partial charge in [0.15, 0.2) is 12.3 Å². The van der Waals surface area contributed by atoms with Gasteiger partial charge in [-0.25, -0.2) is 9.59 Å². The van der Waals surface area contributed by atoms with Gasteiger partial charge in [-0.3, -0.25) is 23.9 Å². The summed E-state index contributed by atoms with van der Waals surface area (Å²) in [4.78, 5) is 61.5. The number of carboxylic acids is 1. The number of carbonyl (C=O) groups excluding carboxylic acids is 2. The first kappa shape index (κ1) is 31.1. The molecule has 1 fully saturated rings. The van der Waals surface area contributed by atoms with Crippen molar-refractivity contribution in [1.29, 1.82) is 0 Å². The van der Waals surface area contributed by atoms with Gasteiger partial charge in [0.05, 0.1) is 6.04 Å². The number of H-pyrrole nitrogens is 1. The number of amides is 2. The minimum Gasteiger partial charge on any atom is -0.480 e. The van der Waals surface area contributed by atoms with E-state index < -0.39 is 59.7 Å². The minimum atomic E-state index is -1.78. The second-order valence-corrected chi connectivity index (χ2v) is 9.43. The van der Waals surface area contributed by atoms with Crippen molar-refractivity contribution in [1.82, 2.24) is 20.2 Å². The van der Waals surface area contributed by atoms with Gasteiger partial charge in [-0.2, -0.15) is 0 Å². The molecule has 0 radical (unpaired) electrons. The van der Waals surface area contributed by atoms with Crippen LogP contribution in [0.4, 0.5) is 0 Å². The van der Waals surface area contributed by atoms with E-state index in [1.54, 1.807) is 0 Å². The lowest BCUT2D eigenvalue weighted by Gasteiger charge is -2.24. The molecule has 0 saturated carbocycles. The summed E-state index contributed by atoms with van der Waals surface area (Å²) in [6.45, 7) is 2.56. The molecule has 0 aliphatic carbocycles. The molecule has 2 amide bonds. The van der Waals surface area contributed by atoms with E-state index in [9.17, 15) is 39.3 Å². The van der Waals surface area contributed by atoms with Crippen molar-refractivity contribution in [2.24, 2.45) is 5.73 Å². The Balaban J connectivity index is 1.82. The highest BCUT2D eigenvalue weighted by Gasteiger charge is 2.50. The molecular formula is C24H39N5O9. The number of unbranched alkanes of at least 4 members (excludes halogenated alkanes) is 5. The number of rotatable bonds is 16. The van der Waals surface area contributed by atoms with E-state index in [2.05, 4.69) is 17.6 Å². The lowest BCUT2D eigenvalue weighted by molar-refractivity contribution is -0.149. The van der Waals surface area contributed by atoms with E-state index in [0.717, 1.165) is 48.9 Å². The molecule has 214 valence electrons. The standard InChI is InChI=1S/C24H39N5O9/c1-2-3-4-5-6-10-15(30)26-12-8-7-9-14(25)21(34)28-17(23(35)36)20-18(32)19(33)22(38-20)29-13-11-16(31)27-24(29)37/h11,13-14,17-20,22,32-33H,2-10,12,25H2,1H3,(H,26,30)(H,28,34)(H,35,36)(H,27,31,37)/t14-,17-,18-,19+,20+,22+/m0/s1. The maximum Gasteiger partial charge on any atom is 0.330 e. The number of aliphatic hydroxyl groups excluding tert-OH is 2. The molecule has 1 aromatic heterocycles. The van der Waals surface area contributed by atoms with Gasteiger partial charge < -0.3 is 36.4 Å². The molecule has 1 aromatic rings. The summed E-state index contributed by atoms with van der Waals surface area (Å²) in [5.41, 5.74) is 4.27. The highest BCUT2D eigenvalue weighted by Crippen LogP contribution is 2.30. The molecule has 0 spiro atoms. The van der Waals surface area contributed by atoms with E-state index in [1.165, 1.54) is 0 Å². The van der Waals surface area contributed by atoms with Gasteiger partial charge in [-0.15, -0.1) is 0 Å². The number of nitrogens with two attached hydrogens (primary N) is 1. The summed E-state index contributed by atoms with van der Waals surface area (Å²) in [6, 6.07) is -1.85. The zero-order chi connectivity index (χ0) is 28.2. The summed E-state index contributed by atoms with van der Waals surface area (Å²) >= 11 is 0. The Morgan fingerprint density at radius 1 is 1.11 bits per heavy atom. The average molecular weight is 542 g/mol. The first-order valence-electron chi connectivity index (χ1n) is 12.9. The number of hydrogen-bond acceptors (Lipinski definition) is 9. The first-order chi connectivity index (χ1) is 18.1. The molecule has 2 rings (SSSR count). The summed E-state index contributed by atoms with van der Waals surface area (Å²) in [6.07, 6.45) is 1.50. The fourth-order valence-corrected chi connectivity index (χ4v) is 4.19. The van der Waals surface area contributed by atoms with Crippen LogP contribution in [0.15, 0.2) is 21.9 Å². The van der Waals surface area contributed by atoms with E-state index in [4.69, 9.17) is 10.5 Å². The summed E-state index contributed by atoms with van der Waals surface area (Å²) in [5.74, 6) is -2.37. The van der Waals surface area contributed by atoms with Crippen molar-refractivity contribution < 1.29 is 34.4 Å². The number of nitrogens with one attached hydrogen (secondary N) is 3. The SMILES string of the molecule is CCCCCCCC(=O)NCCCC[C@H](N)C(=O)N[C@H](C(=O)O)[C@H]1O[C@@H](n2ccc(=O)[nH]c2=O)[C@H](O)[C@@H]1O. The lowest BCUT2D eigenvalue weighted by atomic mass is 10.0. The monoisotopic (exact) mass is 541 g/mol. The molecule has 6 atom stereocenters. The van der Waals surface area contributed by atoms with E-state index >= 15 is 0 Å². The normalized spacial score (nSPS) is 22.5. The summed E-state index contributed by atoms with van der Waals surface area (Å²) < 4.78 is 6.24. The van der Waals surface area contributed by atoms with Crippen LogP contribution in [0.25, 0.3) is 0 Å². The third-order valence-electron chi connectivity index (χ3n) is 6.40. The maximum absolute atomic E-state index is 12.5. The smallest absolute Gasteiger partial charge is 0.330 e. The second-order valence-electron chi connectivity index (χ2n) is 9.43. The number of aromatic nitrogens is 2. The second kappa shape index (κ2) is 15.4. The Hall–Kier alpha value is -3.07. The van der Waals surface area contributed by atoms with Crippen LogP contribution in [0.3, 0.4) is 0 Å². The minimum absolute atomic E-state index is 0.0208. The van der Waals surface area contributed by atoms with Crippen LogP contribution >= 0.6 is 0 Å². The fourth-order valence-electron chi connectivity index (χ4n) is 4.19. The predicted octanol–water partition coefficient (Wildman–Crippen LogP) is -1.30. The van der Waals surface area contributed by atoms with E-state index in [-0.39, 0.29) is 12.3 Å². The first-order valence-corrected chi connectivity index (χ1v) is 12.9. The third kappa shape index (κ3) is 9.04. The van der Waals surface area contributed by atoms with E-state index in [1.807, 2.05) is 4.98 Å². The van der Waals surface area contributed by atoms with Crippen molar-refractivity contribution in [3.63, 3.8) is 0 Å². The Bertz CT molecular complexity index is 1040. The molecule has 14 heteroatoms. The summed E-state index contributed by atoms with van der Waals surface area (Å²) in [7, 11) is 0. The Morgan fingerprint density at radius 2 is 1.82 bits per heavy atom. The largest absolute Gasteiger partial charge is 0.480 e. The quantitative estimate of drug-likeness (QED) is 0.122. The van der Waals surface area contributed by atoms with Crippen LogP contribution in [0.1, 0.15) is 70.9 Å². The van der Waals surface area contributed by atoms with Gasteiger partial charge in [0, 0.05) is 25.2 Å². The van der Waals surface area contributed by atoms with Gasteiger partial charge >= 0.3 is 11.7 Å². The number of carboxylic acid groups (broad SMARTS) is 1. The topological polar surface area (TPSA) is 226 Å². The number of carbonyl (C=O) groups is 3. The molecule has 1 aliphatic rings. The van der Waals surface area contributed by atoms with Crippen LogP contribution in [-0.2, 0) is 19.1 Å². The number of aliphatic carboxylic acids is 1. The van der Waals surface area contributed by atoms with Crippen LogP contribution in [0, 0.1) is 0 Å². The lowest BCUT2D eigenvalue weighted by Crippen LogP contribution is -2.56. The molecule has 8 N–H and O–H groups in total. The highest BCUT2D eigenvalue weighted by molar-refractivity contribution is 5.87. The number of nitrogens with zero attached hydrogens (tertiary/aromatic N) is 1. The van der Waals surface area contributed by atoms with Crippen LogP contribution < -0.4 is 27.6 Å². The predicted molar refractivity (Wildman–Crippen MR) is 135 cm³/mol. The zero-order valence-electron chi connectivity index (χ0n) is 21.5. The van der Waals surface area contributed by atoms with Gasteiger partial charge in [-0.05, 0) is 25.7 Å². The van der Waals surface area contributed by atoms with Crippen LogP contribution in [0.2, 0.25) is 0 Å². The maximum atomic E-state index is 12.5. The average Bonchev–Trinajstić information content (AvgIpc) is 3.15.